The van der Waals surface area contributed by atoms with Crippen LogP contribution < -0.4 is 4.89 Å². The van der Waals surface area contributed by atoms with Gasteiger partial charge in [-0.2, -0.15) is 0 Å². The van der Waals surface area contributed by atoms with Crippen molar-refractivity contribution < 1.29 is 62.1 Å². The Morgan fingerprint density at radius 3 is 1.98 bits per heavy atom. The summed E-state index contributed by atoms with van der Waals surface area (Å²) in [5, 5.41) is 31.0. The highest BCUT2D eigenvalue weighted by Crippen LogP contribution is 2.38. The molecule has 0 aliphatic carbocycles. The van der Waals surface area contributed by atoms with E-state index < -0.39 is 57.1 Å². The number of carbonyl (C=O) groups is 2. The third kappa shape index (κ3) is 31.8. The van der Waals surface area contributed by atoms with Gasteiger partial charge in [-0.1, -0.05) is 141 Å². The lowest BCUT2D eigenvalue weighted by molar-refractivity contribution is -0.870. The number of unbranched alkanes of at least 4 members (excludes halogenated alkanes) is 16. The Bertz CT molecular complexity index is 1180. The van der Waals surface area contributed by atoms with E-state index in [4.69, 9.17) is 23.3 Å². The fourth-order valence-electron chi connectivity index (χ4n) is 6.81. The zero-order valence-electron chi connectivity index (χ0n) is 37.5. The summed E-state index contributed by atoms with van der Waals surface area (Å²) in [4.78, 5) is 37.8. The Morgan fingerprint density at radius 2 is 1.37 bits per heavy atom. The maximum Gasteiger partial charge on any atom is 0.306 e. The van der Waals surface area contributed by atoms with Crippen LogP contribution in [0.1, 0.15) is 168 Å². The quantitative estimate of drug-likeness (QED) is 0.0179. The van der Waals surface area contributed by atoms with E-state index in [0.29, 0.717) is 43.1 Å². The van der Waals surface area contributed by atoms with Gasteiger partial charge >= 0.3 is 11.9 Å². The van der Waals surface area contributed by atoms with Crippen molar-refractivity contribution in [3.63, 3.8) is 0 Å². The van der Waals surface area contributed by atoms with Gasteiger partial charge in [-0.05, 0) is 32.1 Å². The monoisotopic (exact) mass is 862 g/mol. The summed E-state index contributed by atoms with van der Waals surface area (Å²) < 4.78 is 39.5. The van der Waals surface area contributed by atoms with Crippen molar-refractivity contribution in [3.05, 3.63) is 24.3 Å². The van der Waals surface area contributed by atoms with Crippen molar-refractivity contribution in [2.45, 2.75) is 199 Å². The number of likely N-dealkylation sites (N-methyl/N-ethyl adjacent to an activating group) is 1. The molecule has 0 aromatic carbocycles. The van der Waals surface area contributed by atoms with E-state index in [9.17, 15) is 34.4 Å². The number of carbonyl (C=O) groups excluding carboxylic acids is 2. The highest BCUT2D eigenvalue weighted by atomic mass is 31.2. The smallest absolute Gasteiger partial charge is 0.306 e. The first-order chi connectivity index (χ1) is 28.2. The highest BCUT2D eigenvalue weighted by Gasteiger charge is 2.35. The first-order valence-electron chi connectivity index (χ1n) is 22.9. The van der Waals surface area contributed by atoms with Crippen LogP contribution in [0.15, 0.2) is 24.3 Å². The SMILES string of the molecule is CCCCCCCCCCCCCCCCC(=O)OC[C@H](COP(=O)([O-])OCC[N+](C)(C)C)OC(=O)CCC/C=C\C[C@H]1[C@@H](O)CC(O)O[C@@H]1/C=C/[C@@H](O)CCCCC. The Balaban J connectivity index is 2.53. The first-order valence-corrected chi connectivity index (χ1v) is 24.4. The van der Waals surface area contributed by atoms with Crippen molar-refractivity contribution in [2.75, 3.05) is 47.5 Å². The Hall–Kier alpha value is -1.67. The van der Waals surface area contributed by atoms with Crippen LogP contribution >= 0.6 is 7.82 Å². The maximum absolute atomic E-state index is 12.8. The number of nitrogens with zero attached hydrogens (tertiary/aromatic N) is 1. The molecule has 13 nitrogen and oxygen atoms in total. The minimum Gasteiger partial charge on any atom is -0.756 e. The summed E-state index contributed by atoms with van der Waals surface area (Å²) in [6.07, 6.45) is 25.3. The molecule has 1 rings (SSSR count). The summed E-state index contributed by atoms with van der Waals surface area (Å²) in [6, 6.07) is 0. The van der Waals surface area contributed by atoms with Gasteiger partial charge in [0, 0.05) is 25.2 Å². The van der Waals surface area contributed by atoms with E-state index >= 15 is 0 Å². The number of ether oxygens (including phenoxy) is 3. The van der Waals surface area contributed by atoms with Crippen LogP contribution in [0.3, 0.4) is 0 Å². The number of hydrogen-bond acceptors (Lipinski definition) is 12. The van der Waals surface area contributed by atoms with Gasteiger partial charge in [0.05, 0.1) is 46.1 Å². The van der Waals surface area contributed by atoms with Crippen molar-refractivity contribution in [3.8, 4) is 0 Å². The molecule has 0 saturated carbocycles. The Labute approximate surface area is 357 Å². The number of allylic oxidation sites excluding steroid dienone is 2. The zero-order chi connectivity index (χ0) is 43.8. The molecule has 1 aliphatic heterocycles. The lowest BCUT2D eigenvalue weighted by Gasteiger charge is -2.36. The number of aliphatic hydroxyl groups is 3. The van der Waals surface area contributed by atoms with Gasteiger partial charge in [-0.15, -0.1) is 0 Å². The molecule has 0 amide bonds. The van der Waals surface area contributed by atoms with Crippen molar-refractivity contribution in [1.29, 1.82) is 0 Å². The van der Waals surface area contributed by atoms with Crippen molar-refractivity contribution >= 4 is 19.8 Å². The molecule has 0 radical (unpaired) electrons. The summed E-state index contributed by atoms with van der Waals surface area (Å²) in [5.41, 5.74) is 0. The fraction of sp³-hybridized carbons (Fsp3) is 0.867. The van der Waals surface area contributed by atoms with E-state index in [-0.39, 0.29) is 38.4 Å². The molecule has 1 heterocycles. The molecule has 1 fully saturated rings. The van der Waals surface area contributed by atoms with Gasteiger partial charge in [-0.3, -0.25) is 14.2 Å². The van der Waals surface area contributed by atoms with Crippen molar-refractivity contribution in [2.24, 2.45) is 5.92 Å². The third-order valence-corrected chi connectivity index (χ3v) is 11.5. The minimum absolute atomic E-state index is 0.0332. The van der Waals surface area contributed by atoms with E-state index in [2.05, 4.69) is 13.8 Å². The minimum atomic E-state index is -4.70. The van der Waals surface area contributed by atoms with Gasteiger partial charge < -0.3 is 48.0 Å². The van der Waals surface area contributed by atoms with E-state index in [1.54, 1.807) is 12.2 Å². The third-order valence-electron chi connectivity index (χ3n) is 10.5. The predicted octanol–water partition coefficient (Wildman–Crippen LogP) is 8.22. The average molecular weight is 862 g/mol. The number of phosphoric acid groups is 1. The molecule has 0 aromatic heterocycles. The van der Waals surface area contributed by atoms with Gasteiger partial charge in [0.25, 0.3) is 7.82 Å². The van der Waals surface area contributed by atoms with Crippen LogP contribution in [0.2, 0.25) is 0 Å². The second-order valence-corrected chi connectivity index (χ2v) is 18.7. The van der Waals surface area contributed by atoms with Crippen LogP contribution in [0, 0.1) is 5.92 Å². The topological polar surface area (TPSA) is 181 Å². The number of esters is 2. The summed E-state index contributed by atoms with van der Waals surface area (Å²) in [6.45, 7) is 3.81. The normalized spacial score (nSPS) is 20.8. The molecular formula is C45H84NO12P. The van der Waals surface area contributed by atoms with Gasteiger partial charge in [0.15, 0.2) is 12.4 Å². The van der Waals surface area contributed by atoms with Gasteiger partial charge in [-0.25, -0.2) is 0 Å². The number of aliphatic hydroxyl groups excluding tert-OH is 3. The summed E-state index contributed by atoms with van der Waals surface area (Å²) in [7, 11) is 1.00. The predicted molar refractivity (Wildman–Crippen MR) is 230 cm³/mol. The molecule has 7 atom stereocenters. The fourth-order valence-corrected chi connectivity index (χ4v) is 7.54. The molecule has 1 saturated heterocycles. The van der Waals surface area contributed by atoms with Crippen LogP contribution in [-0.2, 0) is 37.4 Å². The van der Waals surface area contributed by atoms with Crippen LogP contribution in [0.5, 0.6) is 0 Å². The zero-order valence-corrected chi connectivity index (χ0v) is 38.4. The molecule has 1 aliphatic rings. The maximum atomic E-state index is 12.8. The molecule has 346 valence electrons. The molecule has 0 spiro atoms. The average Bonchev–Trinajstić information content (AvgIpc) is 3.16. The van der Waals surface area contributed by atoms with E-state index in [1.807, 2.05) is 33.3 Å². The Kier molecular flexibility index (Phi) is 31.8. The lowest BCUT2D eigenvalue weighted by Crippen LogP contribution is -2.43. The van der Waals surface area contributed by atoms with Crippen LogP contribution in [0.4, 0.5) is 0 Å². The Morgan fingerprint density at radius 1 is 0.797 bits per heavy atom. The van der Waals surface area contributed by atoms with Gasteiger partial charge in [0.2, 0.25) is 0 Å². The second-order valence-electron chi connectivity index (χ2n) is 17.3. The first kappa shape index (κ1) is 55.3. The molecule has 2 unspecified atom stereocenters. The standard InChI is InChI=1S/C45H84NO12P/c1-6-8-10-11-12-13-14-15-16-17-18-19-20-25-29-43(49)54-36-39(37-56-59(52,53)55-34-33-46(3,4)5)57-44(50)30-26-22-21-24-28-40-41(48)35-45(51)58-42(40)32-31-38(47)27-23-9-7-2/h21,24,31-32,38-42,45,47-48,51H,6-20,22-23,25-30,33-37H2,1-5H3/b24-21-,32-31+/t38-,39+,40-,41-,42+,45?/m0/s1. The summed E-state index contributed by atoms with van der Waals surface area (Å²) in [5.74, 6) is -1.34. The lowest BCUT2D eigenvalue weighted by atomic mass is 9.87. The largest absolute Gasteiger partial charge is 0.756 e. The number of hydrogen-bond donors (Lipinski definition) is 3. The number of quaternary nitrogens is 1. The van der Waals surface area contributed by atoms with E-state index in [0.717, 1.165) is 38.5 Å². The molecule has 0 bridgehead atoms. The van der Waals surface area contributed by atoms with Crippen LogP contribution in [-0.4, -0.2) is 110 Å². The molecule has 14 heteroatoms. The second kappa shape index (κ2) is 33.9. The van der Waals surface area contributed by atoms with Crippen molar-refractivity contribution in [1.82, 2.24) is 0 Å². The number of phosphoric ester groups is 1. The number of rotatable bonds is 37. The van der Waals surface area contributed by atoms with E-state index in [1.165, 1.54) is 64.2 Å². The van der Waals surface area contributed by atoms with Gasteiger partial charge in [0.1, 0.15) is 19.8 Å². The molecule has 0 aromatic rings. The molecular weight excluding hydrogens is 777 g/mol. The molecule has 3 N–H and O–H groups in total. The summed E-state index contributed by atoms with van der Waals surface area (Å²) >= 11 is 0. The van der Waals surface area contributed by atoms with Crippen LogP contribution in [0.25, 0.3) is 0 Å². The molecule has 59 heavy (non-hydrogen) atoms. The highest BCUT2D eigenvalue weighted by molar-refractivity contribution is 7.45.